The number of allylic oxidation sites excluding steroid dienone is 3. The van der Waals surface area contributed by atoms with E-state index in [1.807, 2.05) is 12.5 Å². The van der Waals surface area contributed by atoms with Gasteiger partial charge in [-0.3, -0.25) is 0 Å². The number of hydrogen-bond acceptors (Lipinski definition) is 2. The van der Waals surface area contributed by atoms with Crippen LogP contribution in [0.1, 0.15) is 32.6 Å². The molecule has 1 N–H and O–H groups in total. The zero-order chi connectivity index (χ0) is 11.1. The van der Waals surface area contributed by atoms with Gasteiger partial charge >= 0.3 is 0 Å². The third kappa shape index (κ3) is 3.90. The summed E-state index contributed by atoms with van der Waals surface area (Å²) in [5.74, 6) is 1.27. The fourth-order valence-corrected chi connectivity index (χ4v) is 1.76. The Morgan fingerprint density at radius 1 is 1.53 bits per heavy atom. The van der Waals surface area contributed by atoms with E-state index in [0.29, 0.717) is 12.4 Å². The van der Waals surface area contributed by atoms with E-state index < -0.39 is 0 Å². The molecule has 2 nitrogen and oxygen atoms in total. The summed E-state index contributed by atoms with van der Waals surface area (Å²) >= 11 is 3.37. The van der Waals surface area contributed by atoms with E-state index in [0.717, 1.165) is 42.3 Å². The number of aliphatic hydroxyl groups is 1. The minimum Gasteiger partial charge on any atom is -0.512 e. The summed E-state index contributed by atoms with van der Waals surface area (Å²) in [6.07, 6.45) is 7.53. The fraction of sp³-hybridized carbons (Fsp3) is 0.583. The Morgan fingerprint density at radius 2 is 2.33 bits per heavy atom. The number of ether oxygens (including phenoxy) is 1. The molecule has 0 atom stereocenters. The number of alkyl halides is 1. The molecule has 1 aliphatic carbocycles. The zero-order valence-corrected chi connectivity index (χ0v) is 10.7. The van der Waals surface area contributed by atoms with Crippen molar-refractivity contribution in [2.45, 2.75) is 32.6 Å². The molecule has 0 unspecified atom stereocenters. The summed E-state index contributed by atoms with van der Waals surface area (Å²) in [6.45, 7) is 2.81. The summed E-state index contributed by atoms with van der Waals surface area (Å²) < 4.78 is 5.65. The van der Waals surface area contributed by atoms with Gasteiger partial charge in [0.2, 0.25) is 0 Å². The molecule has 85 valence electrons. The van der Waals surface area contributed by atoms with Crippen molar-refractivity contribution >= 4 is 15.9 Å². The molecule has 0 spiro atoms. The quantitative estimate of drug-likeness (QED) is 0.588. The van der Waals surface area contributed by atoms with Crippen LogP contribution in [0.2, 0.25) is 0 Å². The topological polar surface area (TPSA) is 29.5 Å². The van der Waals surface area contributed by atoms with Crippen molar-refractivity contribution in [3.8, 4) is 0 Å². The second kappa shape index (κ2) is 6.94. The van der Waals surface area contributed by atoms with Gasteiger partial charge in [0, 0.05) is 17.3 Å². The largest absolute Gasteiger partial charge is 0.512 e. The lowest BCUT2D eigenvalue weighted by Gasteiger charge is -2.18. The van der Waals surface area contributed by atoms with Crippen molar-refractivity contribution in [3.63, 3.8) is 0 Å². The molecule has 1 rings (SSSR count). The molecule has 3 heteroatoms. The van der Waals surface area contributed by atoms with Crippen molar-refractivity contribution < 1.29 is 9.84 Å². The molecule has 0 aromatic carbocycles. The molecule has 0 saturated heterocycles. The maximum absolute atomic E-state index is 9.72. The van der Waals surface area contributed by atoms with Crippen molar-refractivity contribution in [1.82, 2.24) is 0 Å². The van der Waals surface area contributed by atoms with Crippen molar-refractivity contribution in [3.05, 3.63) is 29.6 Å². The first-order valence-electron chi connectivity index (χ1n) is 5.44. The number of halogens is 1. The van der Waals surface area contributed by atoms with Crippen LogP contribution in [0, 0.1) is 6.42 Å². The molecule has 0 amide bonds. The first-order valence-corrected chi connectivity index (χ1v) is 6.56. The van der Waals surface area contributed by atoms with Crippen LogP contribution in [0.25, 0.3) is 0 Å². The van der Waals surface area contributed by atoms with Crippen LogP contribution in [0.3, 0.4) is 0 Å². The van der Waals surface area contributed by atoms with Gasteiger partial charge in [0.25, 0.3) is 0 Å². The third-order valence-electron chi connectivity index (χ3n) is 2.26. The SMILES string of the molecule is CCCC1=C(O)[CH]CC=C1OCCCBr. The first-order chi connectivity index (χ1) is 7.29. The van der Waals surface area contributed by atoms with E-state index in [4.69, 9.17) is 4.74 Å². The molecule has 1 aliphatic rings. The van der Waals surface area contributed by atoms with Crippen molar-refractivity contribution in [1.29, 1.82) is 0 Å². The second-order valence-electron chi connectivity index (χ2n) is 3.51. The van der Waals surface area contributed by atoms with E-state index in [2.05, 4.69) is 22.9 Å². The predicted octanol–water partition coefficient (Wildman–Crippen LogP) is 3.89. The molecule has 0 aromatic rings. The molecule has 1 radical (unpaired) electrons. The van der Waals surface area contributed by atoms with Crippen molar-refractivity contribution in [2.75, 3.05) is 11.9 Å². The third-order valence-corrected chi connectivity index (χ3v) is 2.82. The average Bonchev–Trinajstić information content (AvgIpc) is 2.23. The van der Waals surface area contributed by atoms with Gasteiger partial charge in [0.1, 0.15) is 11.5 Å². The molecule has 0 aliphatic heterocycles. The van der Waals surface area contributed by atoms with E-state index in [-0.39, 0.29) is 0 Å². The Hall–Kier alpha value is -0.440. The van der Waals surface area contributed by atoms with Gasteiger partial charge in [0.05, 0.1) is 6.61 Å². The highest BCUT2D eigenvalue weighted by Crippen LogP contribution is 2.27. The lowest BCUT2D eigenvalue weighted by atomic mass is 9.99. The van der Waals surface area contributed by atoms with Gasteiger partial charge in [-0.2, -0.15) is 0 Å². The van der Waals surface area contributed by atoms with Crippen molar-refractivity contribution in [2.24, 2.45) is 0 Å². The van der Waals surface area contributed by atoms with Crippen LogP contribution in [-0.4, -0.2) is 17.0 Å². The molecular weight excluding hydrogens is 256 g/mol. The summed E-state index contributed by atoms with van der Waals surface area (Å²) in [5, 5.41) is 10.7. The highest BCUT2D eigenvalue weighted by molar-refractivity contribution is 9.09. The Bertz CT molecular complexity index is 256. The predicted molar refractivity (Wildman–Crippen MR) is 65.9 cm³/mol. The van der Waals surface area contributed by atoms with Crippen LogP contribution >= 0.6 is 15.9 Å². The minimum absolute atomic E-state index is 0.396. The summed E-state index contributed by atoms with van der Waals surface area (Å²) in [5.41, 5.74) is 0.957. The second-order valence-corrected chi connectivity index (χ2v) is 4.31. The molecule has 0 fully saturated rings. The van der Waals surface area contributed by atoms with Crippen LogP contribution in [0.4, 0.5) is 0 Å². The maximum atomic E-state index is 9.72. The molecule has 0 saturated carbocycles. The average molecular weight is 274 g/mol. The van der Waals surface area contributed by atoms with E-state index in [1.54, 1.807) is 0 Å². The van der Waals surface area contributed by atoms with Gasteiger partial charge < -0.3 is 9.84 Å². The summed E-state index contributed by atoms with van der Waals surface area (Å²) in [4.78, 5) is 0. The maximum Gasteiger partial charge on any atom is 0.121 e. The summed E-state index contributed by atoms with van der Waals surface area (Å²) in [6, 6.07) is 0. The number of hydrogen-bond donors (Lipinski definition) is 1. The van der Waals surface area contributed by atoms with Gasteiger partial charge in [-0.25, -0.2) is 0 Å². The van der Waals surface area contributed by atoms with Crippen LogP contribution in [0.5, 0.6) is 0 Å². The van der Waals surface area contributed by atoms with Gasteiger partial charge in [-0.15, -0.1) is 0 Å². The fourth-order valence-electron chi connectivity index (χ4n) is 1.53. The smallest absolute Gasteiger partial charge is 0.121 e. The van der Waals surface area contributed by atoms with Crippen LogP contribution in [-0.2, 0) is 4.74 Å². The van der Waals surface area contributed by atoms with Gasteiger partial charge in [-0.05, 0) is 25.3 Å². The van der Waals surface area contributed by atoms with E-state index >= 15 is 0 Å². The Balaban J connectivity index is 2.56. The van der Waals surface area contributed by atoms with E-state index in [9.17, 15) is 5.11 Å². The normalized spacial score (nSPS) is 16.5. The molecule has 0 aromatic heterocycles. The summed E-state index contributed by atoms with van der Waals surface area (Å²) in [7, 11) is 0. The first kappa shape index (κ1) is 12.6. The monoisotopic (exact) mass is 273 g/mol. The van der Waals surface area contributed by atoms with Gasteiger partial charge in [-0.1, -0.05) is 29.3 Å². The minimum atomic E-state index is 0.396. The molecular formula is C12H18BrO2. The van der Waals surface area contributed by atoms with Gasteiger partial charge in [0.15, 0.2) is 0 Å². The molecule has 0 bridgehead atoms. The highest BCUT2D eigenvalue weighted by Gasteiger charge is 2.16. The van der Waals surface area contributed by atoms with Crippen LogP contribution in [0.15, 0.2) is 23.2 Å². The highest BCUT2D eigenvalue weighted by atomic mass is 79.9. The van der Waals surface area contributed by atoms with Crippen LogP contribution < -0.4 is 0 Å². The molecule has 15 heavy (non-hydrogen) atoms. The Morgan fingerprint density at radius 3 is 3.00 bits per heavy atom. The number of rotatable bonds is 6. The lowest BCUT2D eigenvalue weighted by molar-refractivity contribution is 0.213. The zero-order valence-electron chi connectivity index (χ0n) is 9.13. The number of aliphatic hydroxyl groups excluding tert-OH is 1. The van der Waals surface area contributed by atoms with E-state index in [1.165, 1.54) is 0 Å². The Labute approximate surface area is 100 Å². The Kier molecular flexibility index (Phi) is 5.84. The lowest BCUT2D eigenvalue weighted by Crippen LogP contribution is -2.06. The standard InChI is InChI=1S/C12H18BrO2/c1-2-5-10-11(14)6-3-7-12(10)15-9-4-8-13/h6-7,14H,2-5,8-9H2,1H3. The molecule has 0 heterocycles.